The van der Waals surface area contributed by atoms with Gasteiger partial charge in [0.1, 0.15) is 11.2 Å². The van der Waals surface area contributed by atoms with E-state index in [1.165, 1.54) is 64.4 Å². The standard InChI is InChI=1S/C27H31N3S2/c1-16-8-12-19(13-9-16)25-28-22-21(18-6-4-3-5-7-18)23-24(30-27(22)32-25)29-26(31-23)20-14-10-17(2)11-15-20/h8-15,18,21-24,27,30H,3-7H2,1-2H3. The van der Waals surface area contributed by atoms with Crippen molar-refractivity contribution in [1.29, 1.82) is 0 Å². The SMILES string of the molecule is Cc1ccc(C2=NC3C(NC4N=C(c5ccc(C)cc5)SC4C3C3CCCCC3)S2)cc1. The molecule has 0 spiro atoms. The van der Waals surface area contributed by atoms with Crippen molar-refractivity contribution in [2.24, 2.45) is 21.8 Å². The molecule has 5 atom stereocenters. The molecule has 1 saturated carbocycles. The van der Waals surface area contributed by atoms with Crippen molar-refractivity contribution in [2.75, 3.05) is 0 Å². The molecule has 2 fully saturated rings. The van der Waals surface area contributed by atoms with Gasteiger partial charge in [0, 0.05) is 17.0 Å². The third-order valence-electron chi connectivity index (χ3n) is 7.53. The Bertz CT molecular complexity index is 1040. The molecule has 5 unspecified atom stereocenters. The highest BCUT2D eigenvalue weighted by molar-refractivity contribution is 8.15. The van der Waals surface area contributed by atoms with Crippen LogP contribution in [0.4, 0.5) is 0 Å². The Morgan fingerprint density at radius 3 is 1.97 bits per heavy atom. The van der Waals surface area contributed by atoms with Crippen molar-refractivity contribution >= 4 is 33.6 Å². The lowest BCUT2D eigenvalue weighted by atomic mass is 9.73. The Labute approximate surface area is 200 Å². The molecule has 0 aromatic heterocycles. The second kappa shape index (κ2) is 8.66. The highest BCUT2D eigenvalue weighted by Crippen LogP contribution is 2.50. The van der Waals surface area contributed by atoms with E-state index < -0.39 is 0 Å². The molecule has 2 aromatic carbocycles. The maximum Gasteiger partial charge on any atom is 0.114 e. The number of fused-ring (bicyclic) bond motifs is 2. The summed E-state index contributed by atoms with van der Waals surface area (Å²) in [7, 11) is 0. The van der Waals surface area contributed by atoms with E-state index in [1.807, 2.05) is 23.5 Å². The first-order chi connectivity index (χ1) is 15.7. The number of nitrogens with zero attached hydrogens (tertiary/aromatic N) is 2. The van der Waals surface area contributed by atoms with Crippen LogP contribution in [0.5, 0.6) is 0 Å². The van der Waals surface area contributed by atoms with Crippen LogP contribution < -0.4 is 5.32 Å². The van der Waals surface area contributed by atoms with Gasteiger partial charge in [0.25, 0.3) is 0 Å². The Morgan fingerprint density at radius 2 is 1.34 bits per heavy atom. The minimum absolute atomic E-state index is 0.199. The smallest absolute Gasteiger partial charge is 0.114 e. The molecule has 0 radical (unpaired) electrons. The van der Waals surface area contributed by atoms with E-state index >= 15 is 0 Å². The van der Waals surface area contributed by atoms with Gasteiger partial charge in [-0.05, 0) is 19.8 Å². The summed E-state index contributed by atoms with van der Waals surface area (Å²) in [6, 6.07) is 18.1. The van der Waals surface area contributed by atoms with Crippen molar-refractivity contribution in [3.05, 3.63) is 70.8 Å². The van der Waals surface area contributed by atoms with Gasteiger partial charge in [-0.15, -0.1) is 0 Å². The number of nitrogens with one attached hydrogen (secondary N) is 1. The molecule has 5 heteroatoms. The molecule has 32 heavy (non-hydrogen) atoms. The lowest BCUT2D eigenvalue weighted by Crippen LogP contribution is -2.58. The van der Waals surface area contributed by atoms with Gasteiger partial charge in [0.15, 0.2) is 0 Å². The summed E-state index contributed by atoms with van der Waals surface area (Å²) >= 11 is 3.94. The van der Waals surface area contributed by atoms with Crippen LogP contribution in [0.3, 0.4) is 0 Å². The third kappa shape index (κ3) is 3.86. The Kier molecular flexibility index (Phi) is 5.68. The summed E-state index contributed by atoms with van der Waals surface area (Å²) in [5.74, 6) is 1.37. The maximum atomic E-state index is 5.39. The summed E-state index contributed by atoms with van der Waals surface area (Å²) in [6.07, 6.45) is 7.07. The number of aliphatic imine (C=N–C) groups is 2. The number of benzene rings is 2. The Hall–Kier alpha value is -1.56. The highest BCUT2D eigenvalue weighted by Gasteiger charge is 2.53. The minimum atomic E-state index is 0.199. The summed E-state index contributed by atoms with van der Waals surface area (Å²) in [5, 5.41) is 7.15. The minimum Gasteiger partial charge on any atom is -0.281 e. The molecule has 3 aliphatic heterocycles. The topological polar surface area (TPSA) is 36.8 Å². The monoisotopic (exact) mass is 461 g/mol. The first-order valence-corrected chi connectivity index (χ1v) is 13.8. The van der Waals surface area contributed by atoms with E-state index in [0.29, 0.717) is 22.6 Å². The zero-order valence-corrected chi connectivity index (χ0v) is 20.5. The molecule has 4 aliphatic rings. The molecule has 166 valence electrons. The third-order valence-corrected chi connectivity index (χ3v) is 10.2. The van der Waals surface area contributed by atoms with Crippen LogP contribution in [-0.4, -0.2) is 32.9 Å². The van der Waals surface area contributed by atoms with Crippen LogP contribution in [0.25, 0.3) is 0 Å². The van der Waals surface area contributed by atoms with E-state index in [9.17, 15) is 0 Å². The van der Waals surface area contributed by atoms with Gasteiger partial charge in [0.2, 0.25) is 0 Å². The molecule has 0 bridgehead atoms. The van der Waals surface area contributed by atoms with Crippen molar-refractivity contribution in [3.63, 3.8) is 0 Å². The van der Waals surface area contributed by atoms with Gasteiger partial charge in [-0.1, -0.05) is 115 Å². The molecule has 6 rings (SSSR count). The molecule has 3 nitrogen and oxygen atoms in total. The zero-order valence-electron chi connectivity index (χ0n) is 18.8. The molecule has 1 aliphatic carbocycles. The van der Waals surface area contributed by atoms with Crippen LogP contribution in [0.2, 0.25) is 0 Å². The lowest BCUT2D eigenvalue weighted by molar-refractivity contribution is 0.161. The molecule has 0 amide bonds. The molecule has 2 aromatic rings. The van der Waals surface area contributed by atoms with E-state index in [4.69, 9.17) is 9.98 Å². The fourth-order valence-corrected chi connectivity index (χ4v) is 8.59. The quantitative estimate of drug-likeness (QED) is 0.593. The average molecular weight is 462 g/mol. The van der Waals surface area contributed by atoms with E-state index in [1.54, 1.807) is 0 Å². The number of piperidine rings is 1. The second-order valence-electron chi connectivity index (χ2n) is 9.80. The van der Waals surface area contributed by atoms with Gasteiger partial charge in [-0.2, -0.15) is 0 Å². The van der Waals surface area contributed by atoms with Gasteiger partial charge in [0.05, 0.1) is 21.7 Å². The van der Waals surface area contributed by atoms with E-state index in [2.05, 4.69) is 67.7 Å². The summed E-state index contributed by atoms with van der Waals surface area (Å²) in [6.45, 7) is 4.30. The zero-order chi connectivity index (χ0) is 21.7. The highest BCUT2D eigenvalue weighted by atomic mass is 32.2. The fraction of sp³-hybridized carbons (Fsp3) is 0.481. The predicted octanol–water partition coefficient (Wildman–Crippen LogP) is 6.18. The van der Waals surface area contributed by atoms with Crippen molar-refractivity contribution in [1.82, 2.24) is 5.32 Å². The molecule has 1 N–H and O–H groups in total. The molecule has 3 heterocycles. The van der Waals surface area contributed by atoms with Crippen molar-refractivity contribution in [3.8, 4) is 0 Å². The Balaban J connectivity index is 1.31. The van der Waals surface area contributed by atoms with Gasteiger partial charge in [-0.25, -0.2) is 0 Å². The summed E-state index contributed by atoms with van der Waals surface area (Å²) < 4.78 is 0. The number of aryl methyl sites for hydroxylation is 2. The van der Waals surface area contributed by atoms with E-state index in [-0.39, 0.29) is 6.17 Å². The van der Waals surface area contributed by atoms with Gasteiger partial charge >= 0.3 is 0 Å². The predicted molar refractivity (Wildman–Crippen MR) is 139 cm³/mol. The molecular formula is C27H31N3S2. The Morgan fingerprint density at radius 1 is 0.750 bits per heavy atom. The van der Waals surface area contributed by atoms with Crippen LogP contribution >= 0.6 is 23.5 Å². The largest absolute Gasteiger partial charge is 0.281 e. The maximum absolute atomic E-state index is 5.39. The first kappa shape index (κ1) is 21.0. The van der Waals surface area contributed by atoms with Gasteiger partial charge in [-0.3, -0.25) is 15.3 Å². The number of thioether (sulfide) groups is 2. The molecule has 1 saturated heterocycles. The normalized spacial score (nSPS) is 32.2. The van der Waals surface area contributed by atoms with Crippen molar-refractivity contribution < 1.29 is 0 Å². The van der Waals surface area contributed by atoms with Crippen LogP contribution in [0.1, 0.15) is 54.4 Å². The number of rotatable bonds is 3. The van der Waals surface area contributed by atoms with Crippen LogP contribution in [0, 0.1) is 25.7 Å². The summed E-state index contributed by atoms with van der Waals surface area (Å²) in [4.78, 5) is 10.6. The first-order valence-electron chi connectivity index (χ1n) is 12.0. The van der Waals surface area contributed by atoms with E-state index in [0.717, 1.165) is 5.92 Å². The fourth-order valence-electron chi connectivity index (χ4n) is 5.79. The summed E-state index contributed by atoms with van der Waals surface area (Å²) in [5.41, 5.74) is 5.13. The average Bonchev–Trinajstić information content (AvgIpc) is 3.43. The lowest BCUT2D eigenvalue weighted by Gasteiger charge is -2.44. The van der Waals surface area contributed by atoms with Crippen LogP contribution in [-0.2, 0) is 0 Å². The second-order valence-corrected chi connectivity index (χ2v) is 12.1. The molecular weight excluding hydrogens is 430 g/mol. The van der Waals surface area contributed by atoms with Gasteiger partial charge < -0.3 is 0 Å². The number of hydrogen-bond donors (Lipinski definition) is 1. The van der Waals surface area contributed by atoms with Crippen molar-refractivity contribution in [2.45, 2.75) is 68.8 Å². The van der Waals surface area contributed by atoms with Crippen LogP contribution in [0.15, 0.2) is 58.5 Å². The number of hydrogen-bond acceptors (Lipinski definition) is 5.